The van der Waals surface area contributed by atoms with Crippen molar-refractivity contribution in [3.8, 4) is 5.69 Å². The van der Waals surface area contributed by atoms with Crippen molar-refractivity contribution in [1.82, 2.24) is 25.1 Å². The Morgan fingerprint density at radius 1 is 1.14 bits per heavy atom. The average molecular weight is 407 g/mol. The van der Waals surface area contributed by atoms with Crippen LogP contribution in [0.15, 0.2) is 35.3 Å². The maximum atomic E-state index is 11.5. The number of guanidine groups is 1. The zero-order chi connectivity index (χ0) is 20.6. The number of hydrogen-bond acceptors (Lipinski definition) is 4. The van der Waals surface area contributed by atoms with E-state index in [0.29, 0.717) is 32.1 Å². The first-order chi connectivity index (χ1) is 13.4. The molecule has 0 atom stereocenters. The molecule has 3 N–H and O–H groups in total. The Morgan fingerprint density at radius 2 is 1.89 bits per heavy atom. The van der Waals surface area contributed by atoms with Gasteiger partial charge < -0.3 is 10.6 Å². The molecule has 0 aliphatic rings. The van der Waals surface area contributed by atoms with E-state index in [0.717, 1.165) is 22.6 Å². The summed E-state index contributed by atoms with van der Waals surface area (Å²) in [6.07, 6.45) is 0. The van der Waals surface area contributed by atoms with Crippen molar-refractivity contribution >= 4 is 16.0 Å². The highest BCUT2D eigenvalue weighted by Crippen LogP contribution is 2.17. The third-order valence-corrected chi connectivity index (χ3v) is 5.50. The molecule has 0 radical (unpaired) electrons. The van der Waals surface area contributed by atoms with Gasteiger partial charge in [-0.2, -0.15) is 5.10 Å². The minimum absolute atomic E-state index is 0.0737. The van der Waals surface area contributed by atoms with Crippen LogP contribution in [0.2, 0.25) is 0 Å². The molecule has 0 fully saturated rings. The van der Waals surface area contributed by atoms with Gasteiger partial charge in [0, 0.05) is 25.3 Å². The molecule has 1 aromatic heterocycles. The Kier molecular flexibility index (Phi) is 8.01. The number of rotatable bonds is 9. The molecule has 0 spiro atoms. The Morgan fingerprint density at radius 3 is 2.54 bits per heavy atom. The Bertz CT molecular complexity index is 905. The van der Waals surface area contributed by atoms with Gasteiger partial charge in [0.15, 0.2) is 5.96 Å². The number of nitrogens with one attached hydrogen (secondary N) is 3. The number of benzene rings is 1. The molecule has 0 saturated heterocycles. The van der Waals surface area contributed by atoms with E-state index in [9.17, 15) is 8.42 Å². The van der Waals surface area contributed by atoms with E-state index in [1.54, 1.807) is 6.92 Å². The molecular formula is C19H30N6O2S. The standard InChI is InChI=1S/C19H30N6O2S/c1-5-20-19(21-11-12-23-28(26,27)6-2)22-14-17-9-7-8-10-18(17)25-16(4)13-15(3)24-25/h7-10,13,23H,5-6,11-12,14H2,1-4H3,(H2,20,21,22). The third-order valence-electron chi connectivity index (χ3n) is 4.10. The lowest BCUT2D eigenvalue weighted by Gasteiger charge is -2.13. The van der Waals surface area contributed by atoms with Gasteiger partial charge in [-0.05, 0) is 45.4 Å². The second-order valence-corrected chi connectivity index (χ2v) is 8.48. The van der Waals surface area contributed by atoms with Crippen molar-refractivity contribution in [2.24, 2.45) is 4.99 Å². The minimum Gasteiger partial charge on any atom is -0.357 e. The van der Waals surface area contributed by atoms with Crippen LogP contribution in [0.1, 0.15) is 30.8 Å². The fourth-order valence-electron chi connectivity index (χ4n) is 2.72. The van der Waals surface area contributed by atoms with Crippen molar-refractivity contribution in [2.45, 2.75) is 34.2 Å². The predicted molar refractivity (Wildman–Crippen MR) is 113 cm³/mol. The SMILES string of the molecule is CCNC(=NCc1ccccc1-n1nc(C)cc1C)NCCNS(=O)(=O)CC. The number of aryl methyl sites for hydroxylation is 2. The second-order valence-electron chi connectivity index (χ2n) is 6.39. The van der Waals surface area contributed by atoms with Gasteiger partial charge in [-0.3, -0.25) is 0 Å². The first-order valence-corrected chi connectivity index (χ1v) is 11.1. The maximum absolute atomic E-state index is 11.5. The average Bonchev–Trinajstić information content (AvgIpc) is 3.01. The van der Waals surface area contributed by atoms with Gasteiger partial charge in [-0.15, -0.1) is 0 Å². The third kappa shape index (κ3) is 6.35. The zero-order valence-electron chi connectivity index (χ0n) is 17.0. The summed E-state index contributed by atoms with van der Waals surface area (Å²) < 4.78 is 27.4. The molecule has 9 heteroatoms. The Labute approximate surface area is 167 Å². The molecule has 28 heavy (non-hydrogen) atoms. The molecule has 0 unspecified atom stereocenters. The van der Waals surface area contributed by atoms with E-state index >= 15 is 0 Å². The Hall–Kier alpha value is -2.39. The molecule has 0 bridgehead atoms. The fraction of sp³-hybridized carbons (Fsp3) is 0.474. The summed E-state index contributed by atoms with van der Waals surface area (Å²) in [5, 5.41) is 10.9. The summed E-state index contributed by atoms with van der Waals surface area (Å²) in [7, 11) is -3.18. The van der Waals surface area contributed by atoms with Gasteiger partial charge in [0.25, 0.3) is 0 Å². The number of aromatic nitrogens is 2. The number of nitrogens with zero attached hydrogens (tertiary/aromatic N) is 3. The van der Waals surface area contributed by atoms with Crippen LogP contribution >= 0.6 is 0 Å². The fourth-order valence-corrected chi connectivity index (χ4v) is 3.34. The van der Waals surface area contributed by atoms with Crippen LogP contribution in [-0.4, -0.2) is 49.5 Å². The lowest BCUT2D eigenvalue weighted by atomic mass is 10.2. The van der Waals surface area contributed by atoms with Crippen molar-refractivity contribution < 1.29 is 8.42 Å². The van der Waals surface area contributed by atoms with Crippen molar-refractivity contribution in [2.75, 3.05) is 25.4 Å². The van der Waals surface area contributed by atoms with Gasteiger partial charge in [0.1, 0.15) is 0 Å². The van der Waals surface area contributed by atoms with Crippen molar-refractivity contribution in [3.05, 3.63) is 47.3 Å². The smallest absolute Gasteiger partial charge is 0.211 e. The van der Waals surface area contributed by atoms with Gasteiger partial charge in [-0.1, -0.05) is 18.2 Å². The number of sulfonamides is 1. The van der Waals surface area contributed by atoms with Crippen LogP contribution in [0.5, 0.6) is 0 Å². The highest BCUT2D eigenvalue weighted by Gasteiger charge is 2.09. The summed E-state index contributed by atoms with van der Waals surface area (Å²) in [6, 6.07) is 10.1. The number of hydrogen-bond donors (Lipinski definition) is 3. The van der Waals surface area contributed by atoms with Gasteiger partial charge in [0.05, 0.1) is 23.7 Å². The van der Waals surface area contributed by atoms with Crippen LogP contribution in [0.25, 0.3) is 5.69 Å². The van der Waals surface area contributed by atoms with Crippen LogP contribution in [0, 0.1) is 13.8 Å². The number of para-hydroxylation sites is 1. The lowest BCUT2D eigenvalue weighted by molar-refractivity contribution is 0.582. The number of aliphatic imine (C=N–C) groups is 1. The van der Waals surface area contributed by atoms with Crippen LogP contribution in [0.3, 0.4) is 0 Å². The van der Waals surface area contributed by atoms with E-state index in [1.807, 2.05) is 55.8 Å². The summed E-state index contributed by atoms with van der Waals surface area (Å²) in [4.78, 5) is 4.64. The molecule has 8 nitrogen and oxygen atoms in total. The molecule has 2 rings (SSSR count). The molecule has 0 aliphatic carbocycles. The highest BCUT2D eigenvalue weighted by molar-refractivity contribution is 7.89. The molecule has 154 valence electrons. The largest absolute Gasteiger partial charge is 0.357 e. The van der Waals surface area contributed by atoms with E-state index in [1.165, 1.54) is 0 Å². The van der Waals surface area contributed by atoms with Crippen molar-refractivity contribution in [3.63, 3.8) is 0 Å². The first kappa shape index (κ1) is 21.9. The molecule has 1 aromatic carbocycles. The monoisotopic (exact) mass is 406 g/mol. The lowest BCUT2D eigenvalue weighted by Crippen LogP contribution is -2.41. The maximum Gasteiger partial charge on any atom is 0.211 e. The minimum atomic E-state index is -3.18. The van der Waals surface area contributed by atoms with Gasteiger partial charge in [0.2, 0.25) is 10.0 Å². The Balaban J connectivity index is 2.08. The summed E-state index contributed by atoms with van der Waals surface area (Å²) in [6.45, 7) is 9.55. The van der Waals surface area contributed by atoms with E-state index in [-0.39, 0.29) is 5.75 Å². The van der Waals surface area contributed by atoms with Crippen molar-refractivity contribution in [1.29, 1.82) is 0 Å². The van der Waals surface area contributed by atoms with E-state index < -0.39 is 10.0 Å². The molecule has 0 saturated carbocycles. The second kappa shape index (κ2) is 10.2. The summed E-state index contributed by atoms with van der Waals surface area (Å²) in [5.41, 5.74) is 4.10. The van der Waals surface area contributed by atoms with Gasteiger partial charge >= 0.3 is 0 Å². The first-order valence-electron chi connectivity index (χ1n) is 9.47. The zero-order valence-corrected chi connectivity index (χ0v) is 17.8. The molecule has 0 aliphatic heterocycles. The molecule has 1 heterocycles. The molecule has 2 aromatic rings. The molecular weight excluding hydrogens is 376 g/mol. The quantitative estimate of drug-likeness (QED) is 0.333. The molecule has 0 amide bonds. The summed E-state index contributed by atoms with van der Waals surface area (Å²) >= 11 is 0. The highest BCUT2D eigenvalue weighted by atomic mass is 32.2. The normalized spacial score (nSPS) is 12.2. The van der Waals surface area contributed by atoms with Crippen LogP contribution in [0.4, 0.5) is 0 Å². The van der Waals surface area contributed by atoms with E-state index in [2.05, 4.69) is 25.4 Å². The predicted octanol–water partition coefficient (Wildman–Crippen LogP) is 1.48. The van der Waals surface area contributed by atoms with Crippen LogP contribution in [-0.2, 0) is 16.6 Å². The van der Waals surface area contributed by atoms with Crippen LogP contribution < -0.4 is 15.4 Å². The van der Waals surface area contributed by atoms with E-state index in [4.69, 9.17) is 0 Å². The summed E-state index contributed by atoms with van der Waals surface area (Å²) in [5.74, 6) is 0.714. The topological polar surface area (TPSA) is 100 Å². The van der Waals surface area contributed by atoms with Gasteiger partial charge in [-0.25, -0.2) is 22.8 Å².